The van der Waals surface area contributed by atoms with Crippen LogP contribution < -0.4 is 25.8 Å². The highest BCUT2D eigenvalue weighted by molar-refractivity contribution is 6.14. The first-order valence-electron chi connectivity index (χ1n) is 12.3. The molecule has 1 aliphatic carbocycles. The van der Waals surface area contributed by atoms with Crippen molar-refractivity contribution in [3.8, 4) is 0 Å². The third kappa shape index (κ3) is 3.56. The average molecular weight is 463 g/mol. The Bertz CT molecular complexity index is 1090. The molecular formula is C24H30N8O2. The standard InChI is InChI=1S/C24H30N8O2/c33-21-24(7-8-26-21)13-16-14-28-23(30-20(16)32(22(24)34)17-3-1-2-4-17)29-19-6-5-18(15-27-19)31-11-9-25-10-12-31/h5-6,14-15,17,25H,1-4,7-13H2,(H,26,33)(H,27,28,29,30). The SMILES string of the molecule is O=C1NCCC12Cc1cnc(Nc3ccc(N4CCNCC4)cn3)nc1N(C1CCCC1)C2=O. The van der Waals surface area contributed by atoms with Gasteiger partial charge < -0.3 is 20.9 Å². The Balaban J connectivity index is 1.28. The van der Waals surface area contributed by atoms with Crippen LogP contribution in [0.5, 0.6) is 0 Å². The number of hydrogen-bond acceptors (Lipinski definition) is 8. The summed E-state index contributed by atoms with van der Waals surface area (Å²) in [5.41, 5.74) is 0.933. The zero-order valence-corrected chi connectivity index (χ0v) is 19.2. The lowest BCUT2D eigenvalue weighted by Crippen LogP contribution is -2.56. The number of carbonyl (C=O) groups is 2. The first-order valence-corrected chi connectivity index (χ1v) is 12.3. The van der Waals surface area contributed by atoms with E-state index in [0.717, 1.165) is 63.1 Å². The zero-order valence-electron chi connectivity index (χ0n) is 19.2. The van der Waals surface area contributed by atoms with Crippen LogP contribution in [-0.4, -0.2) is 65.5 Å². The molecule has 2 aromatic rings. The van der Waals surface area contributed by atoms with E-state index in [1.807, 2.05) is 17.2 Å². The Hall–Kier alpha value is -3.27. The van der Waals surface area contributed by atoms with Crippen molar-refractivity contribution in [2.45, 2.75) is 44.6 Å². The number of hydrogen-bond donors (Lipinski definition) is 3. The van der Waals surface area contributed by atoms with Crippen molar-refractivity contribution in [1.82, 2.24) is 25.6 Å². The molecule has 1 atom stereocenters. The molecule has 4 aliphatic rings. The minimum Gasteiger partial charge on any atom is -0.368 e. The van der Waals surface area contributed by atoms with Gasteiger partial charge in [-0.25, -0.2) is 9.97 Å². The maximum atomic E-state index is 13.7. The Morgan fingerprint density at radius 1 is 1.03 bits per heavy atom. The molecule has 1 spiro atoms. The van der Waals surface area contributed by atoms with Gasteiger partial charge in [-0.15, -0.1) is 0 Å². The number of piperazine rings is 1. The van der Waals surface area contributed by atoms with Crippen molar-refractivity contribution in [2.75, 3.05) is 47.8 Å². The predicted molar refractivity (Wildman–Crippen MR) is 128 cm³/mol. The molecule has 10 nitrogen and oxygen atoms in total. The normalized spacial score (nSPS) is 25.1. The molecule has 178 valence electrons. The maximum Gasteiger partial charge on any atom is 0.244 e. The molecule has 3 fully saturated rings. The van der Waals surface area contributed by atoms with Gasteiger partial charge in [-0.3, -0.25) is 14.5 Å². The number of carbonyl (C=O) groups excluding carboxylic acids is 2. The zero-order chi connectivity index (χ0) is 23.1. The van der Waals surface area contributed by atoms with Crippen molar-refractivity contribution in [2.24, 2.45) is 5.41 Å². The molecule has 3 N–H and O–H groups in total. The second-order valence-corrected chi connectivity index (χ2v) is 9.68. The van der Waals surface area contributed by atoms with Crippen molar-refractivity contribution in [3.05, 3.63) is 30.1 Å². The maximum absolute atomic E-state index is 13.7. The number of amides is 2. The third-order valence-electron chi connectivity index (χ3n) is 7.62. The first-order chi connectivity index (χ1) is 16.6. The number of nitrogens with one attached hydrogen (secondary N) is 3. The Morgan fingerprint density at radius 2 is 1.85 bits per heavy atom. The van der Waals surface area contributed by atoms with Gasteiger partial charge in [0.15, 0.2) is 0 Å². The number of aromatic nitrogens is 3. The van der Waals surface area contributed by atoms with E-state index >= 15 is 0 Å². The van der Waals surface area contributed by atoms with E-state index in [0.29, 0.717) is 37.0 Å². The fraction of sp³-hybridized carbons (Fsp3) is 0.542. The molecule has 1 unspecified atom stereocenters. The van der Waals surface area contributed by atoms with Gasteiger partial charge in [0.2, 0.25) is 17.8 Å². The van der Waals surface area contributed by atoms with E-state index in [9.17, 15) is 9.59 Å². The van der Waals surface area contributed by atoms with Gasteiger partial charge in [0.05, 0.1) is 11.9 Å². The van der Waals surface area contributed by atoms with E-state index in [1.165, 1.54) is 0 Å². The number of fused-ring (bicyclic) bond motifs is 1. The Kier molecular flexibility index (Phi) is 5.32. The summed E-state index contributed by atoms with van der Waals surface area (Å²) in [4.78, 5) is 44.4. The monoisotopic (exact) mass is 462 g/mol. The Morgan fingerprint density at radius 3 is 2.56 bits per heavy atom. The van der Waals surface area contributed by atoms with Gasteiger partial charge in [0.1, 0.15) is 17.1 Å². The topological polar surface area (TPSA) is 115 Å². The van der Waals surface area contributed by atoms with Crippen LogP contribution in [0.2, 0.25) is 0 Å². The summed E-state index contributed by atoms with van der Waals surface area (Å²) in [5, 5.41) is 9.43. The summed E-state index contributed by atoms with van der Waals surface area (Å²) in [6, 6.07) is 4.06. The summed E-state index contributed by atoms with van der Waals surface area (Å²) in [6.45, 7) is 4.42. The predicted octanol–water partition coefficient (Wildman–Crippen LogP) is 1.36. The lowest BCUT2D eigenvalue weighted by molar-refractivity contribution is -0.140. The van der Waals surface area contributed by atoms with Crippen molar-refractivity contribution < 1.29 is 9.59 Å². The molecule has 0 aromatic carbocycles. The van der Waals surface area contributed by atoms with Gasteiger partial charge in [-0.05, 0) is 31.4 Å². The number of nitrogens with zero attached hydrogens (tertiary/aromatic N) is 5. The van der Waals surface area contributed by atoms with Crippen LogP contribution in [-0.2, 0) is 16.0 Å². The van der Waals surface area contributed by atoms with Crippen LogP contribution in [0, 0.1) is 5.41 Å². The number of rotatable bonds is 4. The van der Waals surface area contributed by atoms with Gasteiger partial charge in [-0.2, -0.15) is 4.98 Å². The van der Waals surface area contributed by atoms with Crippen molar-refractivity contribution in [1.29, 1.82) is 0 Å². The van der Waals surface area contributed by atoms with Crippen molar-refractivity contribution >= 4 is 35.1 Å². The van der Waals surface area contributed by atoms with Crippen LogP contribution >= 0.6 is 0 Å². The molecule has 2 saturated heterocycles. The smallest absolute Gasteiger partial charge is 0.244 e. The van der Waals surface area contributed by atoms with E-state index in [2.05, 4.69) is 36.9 Å². The summed E-state index contributed by atoms with van der Waals surface area (Å²) in [5.74, 6) is 1.42. The second kappa shape index (κ2) is 8.50. The molecule has 2 aromatic heterocycles. The highest BCUT2D eigenvalue weighted by Crippen LogP contribution is 2.44. The van der Waals surface area contributed by atoms with Crippen LogP contribution in [0.4, 0.5) is 23.3 Å². The highest BCUT2D eigenvalue weighted by Gasteiger charge is 2.56. The summed E-state index contributed by atoms with van der Waals surface area (Å²) in [6.07, 6.45) is 8.55. The Labute approximate surface area is 198 Å². The fourth-order valence-electron chi connectivity index (χ4n) is 5.75. The molecule has 2 amide bonds. The molecule has 0 bridgehead atoms. The molecule has 1 saturated carbocycles. The lowest BCUT2D eigenvalue weighted by atomic mass is 9.76. The largest absolute Gasteiger partial charge is 0.368 e. The van der Waals surface area contributed by atoms with Gasteiger partial charge >= 0.3 is 0 Å². The molecule has 0 radical (unpaired) electrons. The van der Waals surface area contributed by atoms with Gasteiger partial charge in [0.25, 0.3) is 0 Å². The summed E-state index contributed by atoms with van der Waals surface area (Å²) >= 11 is 0. The van der Waals surface area contributed by atoms with Crippen LogP contribution in [0.15, 0.2) is 24.5 Å². The van der Waals surface area contributed by atoms with E-state index in [-0.39, 0.29) is 17.9 Å². The molecule has 6 rings (SSSR count). The number of anilines is 4. The van der Waals surface area contributed by atoms with E-state index < -0.39 is 5.41 Å². The van der Waals surface area contributed by atoms with E-state index in [1.54, 1.807) is 6.20 Å². The van der Waals surface area contributed by atoms with E-state index in [4.69, 9.17) is 4.98 Å². The fourth-order valence-corrected chi connectivity index (χ4v) is 5.75. The quantitative estimate of drug-likeness (QED) is 0.584. The molecule has 5 heterocycles. The van der Waals surface area contributed by atoms with Crippen LogP contribution in [0.25, 0.3) is 0 Å². The lowest BCUT2D eigenvalue weighted by Gasteiger charge is -2.40. The van der Waals surface area contributed by atoms with Crippen molar-refractivity contribution in [3.63, 3.8) is 0 Å². The second-order valence-electron chi connectivity index (χ2n) is 9.68. The van der Waals surface area contributed by atoms with Crippen LogP contribution in [0.3, 0.4) is 0 Å². The minimum absolute atomic E-state index is 0.0796. The minimum atomic E-state index is -1.02. The highest BCUT2D eigenvalue weighted by atomic mass is 16.2. The molecule has 10 heteroatoms. The summed E-state index contributed by atoms with van der Waals surface area (Å²) < 4.78 is 0. The van der Waals surface area contributed by atoms with Crippen LogP contribution in [0.1, 0.15) is 37.7 Å². The molecular weight excluding hydrogens is 432 g/mol. The molecule has 34 heavy (non-hydrogen) atoms. The van der Waals surface area contributed by atoms with Gasteiger partial charge in [-0.1, -0.05) is 12.8 Å². The first kappa shape index (κ1) is 21.3. The van der Waals surface area contributed by atoms with Gasteiger partial charge in [0, 0.05) is 56.9 Å². The molecule has 3 aliphatic heterocycles. The summed E-state index contributed by atoms with van der Waals surface area (Å²) in [7, 11) is 0. The third-order valence-corrected chi connectivity index (χ3v) is 7.62. The number of pyridine rings is 1. The average Bonchev–Trinajstić information content (AvgIpc) is 3.52.